The zero-order valence-electron chi connectivity index (χ0n) is 13.1. The highest BCUT2D eigenvalue weighted by Crippen LogP contribution is 2.64. The summed E-state index contributed by atoms with van der Waals surface area (Å²) in [5.74, 6) is -2.21. The van der Waals surface area contributed by atoms with E-state index in [0.29, 0.717) is 5.30 Å². The average Bonchev–Trinajstić information content (AvgIpc) is 2.25. The molecule has 0 spiro atoms. The second-order valence-electron chi connectivity index (χ2n) is 5.57. The fourth-order valence-corrected chi connectivity index (χ4v) is 7.31. The van der Waals surface area contributed by atoms with Gasteiger partial charge in [-0.3, -0.25) is 0 Å². The SMILES string of the molecule is [2H]C([2H])(P(C)(C)=O)P(=O)(c1ccccc1)C(C)(C)C. The third-order valence-electron chi connectivity index (χ3n) is 2.45. The fraction of sp³-hybridized carbons (Fsp3) is 0.538. The van der Waals surface area contributed by atoms with Gasteiger partial charge in [0.05, 0.1) is 13.0 Å². The Bertz CT molecular complexity index is 542. The van der Waals surface area contributed by atoms with E-state index >= 15 is 0 Å². The highest BCUT2D eigenvalue weighted by molar-refractivity contribution is 7.84. The van der Waals surface area contributed by atoms with E-state index in [1.807, 2.05) is 0 Å². The molecule has 0 radical (unpaired) electrons. The van der Waals surface area contributed by atoms with Crippen molar-refractivity contribution in [2.45, 2.75) is 25.9 Å². The van der Waals surface area contributed by atoms with Crippen LogP contribution in [0.2, 0.25) is 0 Å². The lowest BCUT2D eigenvalue weighted by Gasteiger charge is -2.33. The van der Waals surface area contributed by atoms with Crippen molar-refractivity contribution in [2.75, 3.05) is 19.2 Å². The lowest BCUT2D eigenvalue weighted by Crippen LogP contribution is -2.25. The Morgan fingerprint density at radius 1 is 1.12 bits per heavy atom. The molecular formula is C13H22O2P2. The lowest BCUT2D eigenvalue weighted by atomic mass is 10.3. The second-order valence-corrected chi connectivity index (χ2v) is 12.1. The molecule has 17 heavy (non-hydrogen) atoms. The Morgan fingerprint density at radius 2 is 1.59 bits per heavy atom. The molecule has 1 atom stereocenters. The van der Waals surface area contributed by atoms with Gasteiger partial charge in [-0.2, -0.15) is 0 Å². The maximum Gasteiger partial charge on any atom is 0.127 e. The van der Waals surface area contributed by atoms with Crippen LogP contribution < -0.4 is 5.30 Å². The van der Waals surface area contributed by atoms with Crippen LogP contribution in [0.5, 0.6) is 0 Å². The minimum atomic E-state index is -3.51. The van der Waals surface area contributed by atoms with Gasteiger partial charge in [0.1, 0.15) is 7.14 Å². The van der Waals surface area contributed by atoms with Gasteiger partial charge in [-0.1, -0.05) is 51.1 Å². The Kier molecular flexibility index (Phi) is 3.28. The van der Waals surface area contributed by atoms with Crippen molar-refractivity contribution in [3.63, 3.8) is 0 Å². The van der Waals surface area contributed by atoms with Crippen LogP contribution in [-0.4, -0.2) is 24.3 Å². The number of benzene rings is 1. The smallest absolute Gasteiger partial charge is 0.127 e. The first kappa shape index (κ1) is 11.8. The van der Waals surface area contributed by atoms with Crippen molar-refractivity contribution in [2.24, 2.45) is 0 Å². The van der Waals surface area contributed by atoms with Gasteiger partial charge in [0.25, 0.3) is 0 Å². The van der Waals surface area contributed by atoms with Crippen LogP contribution in [0.4, 0.5) is 0 Å². The molecule has 1 unspecified atom stereocenters. The fourth-order valence-electron chi connectivity index (χ4n) is 1.57. The molecule has 1 aromatic rings. The summed E-state index contributed by atoms with van der Waals surface area (Å²) in [6.07, 6.45) is 0. The summed E-state index contributed by atoms with van der Waals surface area (Å²) >= 11 is 0. The first-order valence-electron chi connectivity index (χ1n) is 6.56. The monoisotopic (exact) mass is 274 g/mol. The predicted molar refractivity (Wildman–Crippen MR) is 77.8 cm³/mol. The van der Waals surface area contributed by atoms with E-state index in [1.54, 1.807) is 51.1 Å². The molecule has 0 amide bonds. The predicted octanol–water partition coefficient (Wildman–Crippen LogP) is 4.05. The van der Waals surface area contributed by atoms with E-state index in [0.717, 1.165) is 0 Å². The van der Waals surface area contributed by atoms with Crippen molar-refractivity contribution in [1.29, 1.82) is 0 Å². The zero-order chi connectivity index (χ0) is 15.1. The first-order chi connectivity index (χ1) is 8.36. The second kappa shape index (κ2) is 4.75. The minimum absolute atomic E-state index is 0.455. The van der Waals surface area contributed by atoms with Crippen LogP contribution in [0.3, 0.4) is 0 Å². The van der Waals surface area contributed by atoms with E-state index in [-0.39, 0.29) is 0 Å². The zero-order valence-corrected chi connectivity index (χ0v) is 12.9. The van der Waals surface area contributed by atoms with E-state index in [1.165, 1.54) is 13.3 Å². The van der Waals surface area contributed by atoms with Crippen molar-refractivity contribution in [3.8, 4) is 0 Å². The molecule has 0 aliphatic heterocycles. The van der Waals surface area contributed by atoms with Crippen molar-refractivity contribution >= 4 is 19.6 Å². The quantitative estimate of drug-likeness (QED) is 0.779. The molecule has 1 aromatic carbocycles. The molecule has 0 bridgehead atoms. The van der Waals surface area contributed by atoms with Gasteiger partial charge in [-0.15, -0.1) is 0 Å². The van der Waals surface area contributed by atoms with Crippen LogP contribution in [0, 0.1) is 0 Å². The lowest BCUT2D eigenvalue weighted by molar-refractivity contribution is 0.556. The maximum atomic E-state index is 13.6. The van der Waals surface area contributed by atoms with E-state index in [2.05, 4.69) is 0 Å². The van der Waals surface area contributed by atoms with Gasteiger partial charge < -0.3 is 9.13 Å². The summed E-state index contributed by atoms with van der Waals surface area (Å²) in [7, 11) is -6.69. The molecular weight excluding hydrogens is 250 g/mol. The Labute approximate surface area is 107 Å². The van der Waals surface area contributed by atoms with E-state index in [9.17, 15) is 9.13 Å². The molecule has 0 fully saturated rings. The van der Waals surface area contributed by atoms with Gasteiger partial charge in [0.15, 0.2) is 0 Å². The van der Waals surface area contributed by atoms with Gasteiger partial charge >= 0.3 is 0 Å². The number of hydrogen-bond donors (Lipinski definition) is 0. The molecule has 0 aliphatic rings. The molecule has 96 valence electrons. The minimum Gasteiger partial charge on any atom is -0.324 e. The van der Waals surface area contributed by atoms with Crippen LogP contribution in [0.15, 0.2) is 30.3 Å². The molecule has 1 rings (SSSR count). The molecule has 0 aliphatic carbocycles. The van der Waals surface area contributed by atoms with Gasteiger partial charge in [0, 0.05) is 13.2 Å². The van der Waals surface area contributed by atoms with Crippen molar-refractivity contribution in [3.05, 3.63) is 30.3 Å². The third-order valence-corrected chi connectivity index (χ3v) is 8.41. The third kappa shape index (κ3) is 3.57. The maximum absolute atomic E-state index is 13.6. The summed E-state index contributed by atoms with van der Waals surface area (Å²) < 4.78 is 42.4. The first-order valence-corrected chi connectivity index (χ1v) is 9.87. The molecule has 0 aromatic heterocycles. The Morgan fingerprint density at radius 3 is 1.94 bits per heavy atom. The largest absolute Gasteiger partial charge is 0.324 e. The number of rotatable bonds is 3. The highest BCUT2D eigenvalue weighted by atomic mass is 31.2. The summed E-state index contributed by atoms with van der Waals surface area (Å²) in [5, 5.41) is -0.337. The summed E-state index contributed by atoms with van der Waals surface area (Å²) in [6.45, 7) is 7.97. The molecule has 4 heteroatoms. The molecule has 0 N–H and O–H groups in total. The van der Waals surface area contributed by atoms with Crippen LogP contribution >= 0.6 is 14.3 Å². The van der Waals surface area contributed by atoms with Crippen molar-refractivity contribution < 1.29 is 11.9 Å². The van der Waals surface area contributed by atoms with Gasteiger partial charge in [-0.05, 0) is 13.3 Å². The summed E-state index contributed by atoms with van der Waals surface area (Å²) in [5.41, 5.74) is 0. The molecule has 0 heterocycles. The van der Waals surface area contributed by atoms with Crippen LogP contribution in [-0.2, 0) is 9.13 Å². The number of hydrogen-bond acceptors (Lipinski definition) is 2. The van der Waals surface area contributed by atoms with E-state index < -0.39 is 25.3 Å². The Balaban J connectivity index is 3.67. The normalized spacial score (nSPS) is 19.1. The molecule has 0 saturated heterocycles. The topological polar surface area (TPSA) is 34.1 Å². The van der Waals surface area contributed by atoms with Crippen LogP contribution in [0.1, 0.15) is 23.5 Å². The summed E-state index contributed by atoms with van der Waals surface area (Å²) in [6, 6.07) is 8.60. The molecule has 2 nitrogen and oxygen atoms in total. The van der Waals surface area contributed by atoms with Gasteiger partial charge in [-0.25, -0.2) is 0 Å². The summed E-state index contributed by atoms with van der Waals surface area (Å²) in [4.78, 5) is 0. The standard InChI is InChI=1S/C13H22O2P2/c1-13(2,3)17(15,11-16(4,5)14)12-9-7-6-8-10-12/h6-10H,11H2,1-5H3/i11D2. The van der Waals surface area contributed by atoms with Gasteiger partial charge in [0.2, 0.25) is 0 Å². The molecule has 0 saturated carbocycles. The average molecular weight is 274 g/mol. The highest BCUT2D eigenvalue weighted by Gasteiger charge is 2.40. The van der Waals surface area contributed by atoms with Crippen LogP contribution in [0.25, 0.3) is 0 Å². The van der Waals surface area contributed by atoms with Crippen molar-refractivity contribution in [1.82, 2.24) is 0 Å². The van der Waals surface area contributed by atoms with E-state index in [4.69, 9.17) is 2.74 Å². The Hall–Kier alpha value is -0.320.